The summed E-state index contributed by atoms with van der Waals surface area (Å²) in [6.07, 6.45) is 0. The number of hydrogen-bond donors (Lipinski definition) is 0. The first kappa shape index (κ1) is 5.22. The molecule has 0 aromatic carbocycles. The van der Waals surface area contributed by atoms with Crippen LogP contribution in [0.2, 0.25) is 12.1 Å². The molecule has 1 heteroatoms. The lowest BCUT2D eigenvalue weighted by atomic mass is 11.0. The standard InChI is InChI=1S/C4H12Si/c1-3-5-4-2/h3-5H2,1-2H3/p+1. The molecule has 0 aliphatic heterocycles. The molecular formula is C4H13Si+. The van der Waals surface area contributed by atoms with Crippen molar-refractivity contribution in [3.8, 4) is 0 Å². The minimum absolute atomic E-state index is 0. The second-order valence-corrected chi connectivity index (χ2v) is 4.06. The Morgan fingerprint density at radius 2 is 1.80 bits per heavy atom. The molecule has 0 saturated carbocycles. The molecule has 0 N–H and O–H groups in total. The van der Waals surface area contributed by atoms with E-state index in [1.807, 2.05) is 0 Å². The summed E-state index contributed by atoms with van der Waals surface area (Å²) < 4.78 is 0. The monoisotopic (exact) mass is 89.1 g/mol. The maximum Gasteiger partial charge on any atom is 1.00 e. The molecule has 0 nitrogen and oxygen atoms in total. The van der Waals surface area contributed by atoms with Crippen molar-refractivity contribution in [2.24, 2.45) is 0 Å². The first-order chi connectivity index (χ1) is 2.41. The fourth-order valence-corrected chi connectivity index (χ4v) is 1.06. The van der Waals surface area contributed by atoms with Crippen LogP contribution >= 0.6 is 0 Å². The fraction of sp³-hybridized carbons (Fsp3) is 1.00. The van der Waals surface area contributed by atoms with Crippen LogP contribution in [0.25, 0.3) is 0 Å². The summed E-state index contributed by atoms with van der Waals surface area (Å²) in [6.45, 7) is 4.55. The van der Waals surface area contributed by atoms with Crippen LogP contribution in [0.1, 0.15) is 15.3 Å². The average molecular weight is 89.2 g/mol. The molecule has 0 fully saturated rings. The van der Waals surface area contributed by atoms with Crippen molar-refractivity contribution < 1.29 is 1.43 Å². The molecule has 0 amide bonds. The largest absolute Gasteiger partial charge is 1.00 e. The van der Waals surface area contributed by atoms with Gasteiger partial charge >= 0.3 is 1.43 Å². The van der Waals surface area contributed by atoms with E-state index < -0.39 is 0 Å². The Hall–Kier alpha value is 0.217. The summed E-state index contributed by atoms with van der Waals surface area (Å²) in [5.74, 6) is 0. The van der Waals surface area contributed by atoms with Crippen LogP contribution in [-0.4, -0.2) is 9.52 Å². The van der Waals surface area contributed by atoms with E-state index in [2.05, 4.69) is 13.8 Å². The second kappa shape index (κ2) is 4.22. The predicted octanol–water partition coefficient (Wildman–Crippen LogP) is 1.14. The van der Waals surface area contributed by atoms with E-state index in [1.54, 1.807) is 0 Å². The third-order valence-electron chi connectivity index (χ3n) is 0.707. The molecule has 0 radical (unpaired) electrons. The molecule has 0 aliphatic carbocycles. The highest BCUT2D eigenvalue weighted by molar-refractivity contribution is 6.34. The highest BCUT2D eigenvalue weighted by atomic mass is 28.2. The van der Waals surface area contributed by atoms with Crippen molar-refractivity contribution >= 4 is 9.52 Å². The summed E-state index contributed by atoms with van der Waals surface area (Å²) in [7, 11) is 0.432. The van der Waals surface area contributed by atoms with Gasteiger partial charge < -0.3 is 0 Å². The van der Waals surface area contributed by atoms with Gasteiger partial charge in [-0.05, 0) is 0 Å². The Morgan fingerprint density at radius 1 is 1.40 bits per heavy atom. The normalized spacial score (nSPS) is 8.40. The summed E-state index contributed by atoms with van der Waals surface area (Å²) in [5, 5.41) is 0. The molecule has 0 saturated heterocycles. The minimum Gasteiger partial charge on any atom is -0.0683 e. The molecule has 0 aliphatic rings. The van der Waals surface area contributed by atoms with Gasteiger partial charge in [-0.15, -0.1) is 0 Å². The molecule has 0 unspecified atom stereocenters. The minimum atomic E-state index is 0. The van der Waals surface area contributed by atoms with Crippen molar-refractivity contribution in [3.05, 3.63) is 0 Å². The molecule has 0 rings (SSSR count). The zero-order valence-corrected chi connectivity index (χ0v) is 5.54. The Bertz CT molecular complexity index is 15.0. The van der Waals surface area contributed by atoms with E-state index in [1.165, 1.54) is 12.1 Å². The second-order valence-electron chi connectivity index (χ2n) is 1.35. The van der Waals surface area contributed by atoms with Crippen molar-refractivity contribution in [2.45, 2.75) is 25.9 Å². The molecule has 0 aromatic heterocycles. The van der Waals surface area contributed by atoms with Gasteiger partial charge in [-0.3, -0.25) is 0 Å². The highest BCUT2D eigenvalue weighted by Gasteiger charge is 1.70. The van der Waals surface area contributed by atoms with Crippen molar-refractivity contribution in [3.63, 3.8) is 0 Å². The van der Waals surface area contributed by atoms with Gasteiger partial charge in [0.05, 0.1) is 0 Å². The zero-order chi connectivity index (χ0) is 4.12. The van der Waals surface area contributed by atoms with Gasteiger partial charge in [0.2, 0.25) is 0 Å². The predicted molar refractivity (Wildman–Crippen MR) is 30.6 cm³/mol. The summed E-state index contributed by atoms with van der Waals surface area (Å²) in [4.78, 5) is 0. The third-order valence-corrected chi connectivity index (χ3v) is 2.12. The zero-order valence-electron chi connectivity index (χ0n) is 5.12. The maximum absolute atomic E-state index is 2.27. The SMILES string of the molecule is CC[SiH2]CC.[H+]. The van der Waals surface area contributed by atoms with E-state index >= 15 is 0 Å². The van der Waals surface area contributed by atoms with Crippen molar-refractivity contribution in [2.75, 3.05) is 0 Å². The third kappa shape index (κ3) is 4.22. The van der Waals surface area contributed by atoms with Gasteiger partial charge in [-0.2, -0.15) is 0 Å². The van der Waals surface area contributed by atoms with E-state index in [0.717, 1.165) is 0 Å². The lowest BCUT2D eigenvalue weighted by Gasteiger charge is -1.77. The van der Waals surface area contributed by atoms with Gasteiger partial charge in [0.15, 0.2) is 0 Å². The lowest BCUT2D eigenvalue weighted by Crippen LogP contribution is -1.76. The van der Waals surface area contributed by atoms with Crippen molar-refractivity contribution in [1.82, 2.24) is 0 Å². The van der Waals surface area contributed by atoms with Gasteiger partial charge in [0.1, 0.15) is 0 Å². The first-order valence-corrected chi connectivity index (χ1v) is 4.41. The Balaban J connectivity index is 0. The van der Waals surface area contributed by atoms with Gasteiger partial charge in [-0.1, -0.05) is 25.9 Å². The summed E-state index contributed by atoms with van der Waals surface area (Å²) in [6, 6.07) is 2.97. The first-order valence-electron chi connectivity index (χ1n) is 2.41. The molecule has 0 bridgehead atoms. The topological polar surface area (TPSA) is 0 Å². The molecular weight excluding hydrogens is 76.1 g/mol. The van der Waals surface area contributed by atoms with E-state index in [4.69, 9.17) is 0 Å². The highest BCUT2D eigenvalue weighted by Crippen LogP contribution is 1.77. The van der Waals surface area contributed by atoms with Gasteiger partial charge in [0.25, 0.3) is 0 Å². The van der Waals surface area contributed by atoms with Crippen LogP contribution in [0, 0.1) is 0 Å². The summed E-state index contributed by atoms with van der Waals surface area (Å²) in [5.41, 5.74) is 0. The Labute approximate surface area is 37.9 Å². The van der Waals surface area contributed by atoms with E-state index in [-0.39, 0.29) is 1.43 Å². The molecule has 5 heavy (non-hydrogen) atoms. The van der Waals surface area contributed by atoms with E-state index in [0.29, 0.717) is 9.52 Å². The fourth-order valence-electron chi connectivity index (χ4n) is 0.354. The average Bonchev–Trinajstić information content (AvgIpc) is 1.41. The molecule has 0 atom stereocenters. The smallest absolute Gasteiger partial charge is 0.0683 e. The van der Waals surface area contributed by atoms with Crippen LogP contribution in [-0.2, 0) is 0 Å². The van der Waals surface area contributed by atoms with Crippen LogP contribution in [0.15, 0.2) is 0 Å². The summed E-state index contributed by atoms with van der Waals surface area (Å²) >= 11 is 0. The number of hydrogen-bond acceptors (Lipinski definition) is 0. The van der Waals surface area contributed by atoms with Crippen LogP contribution in [0.5, 0.6) is 0 Å². The molecule has 32 valence electrons. The lowest BCUT2D eigenvalue weighted by molar-refractivity contribution is 1.36. The quantitative estimate of drug-likeness (QED) is 0.445. The molecule has 0 aromatic rings. The van der Waals surface area contributed by atoms with Gasteiger partial charge in [0, 0.05) is 9.52 Å². The molecule has 0 heterocycles. The Morgan fingerprint density at radius 3 is 1.80 bits per heavy atom. The van der Waals surface area contributed by atoms with Crippen LogP contribution < -0.4 is 0 Å². The van der Waals surface area contributed by atoms with Crippen LogP contribution in [0.4, 0.5) is 0 Å². The van der Waals surface area contributed by atoms with Gasteiger partial charge in [-0.25, -0.2) is 0 Å². The maximum atomic E-state index is 2.27. The van der Waals surface area contributed by atoms with E-state index in [9.17, 15) is 0 Å². The number of rotatable bonds is 2. The Kier molecular flexibility index (Phi) is 4.40. The molecule has 0 spiro atoms. The van der Waals surface area contributed by atoms with Crippen molar-refractivity contribution in [1.29, 1.82) is 0 Å². The van der Waals surface area contributed by atoms with Crippen LogP contribution in [0.3, 0.4) is 0 Å².